The van der Waals surface area contributed by atoms with Gasteiger partial charge in [-0.25, -0.2) is 0 Å². The Labute approximate surface area is 316 Å². The first kappa shape index (κ1) is 30.6. The summed E-state index contributed by atoms with van der Waals surface area (Å²) in [5.74, 6) is 0. The van der Waals surface area contributed by atoms with E-state index in [0.29, 0.717) is 0 Å². The van der Waals surface area contributed by atoms with Crippen molar-refractivity contribution >= 4 is 80.1 Å². The fourth-order valence-electron chi connectivity index (χ4n) is 8.80. The standard InChI is InChI=1S/C50H33NS2/c1-50(43-18-8-5-14-37(43)38-15-6-9-19-44(38)50)45-20-11-17-40-42-31-36(27-29-48(42)53-49(40)45)51(34-24-22-33(23-25-34)32-12-3-2-4-13-32)35-26-28-47-41(30-35)39-16-7-10-21-46(39)52-47/h2-31H,1H3. The Morgan fingerprint density at radius 3 is 1.60 bits per heavy atom. The first-order valence-corrected chi connectivity index (χ1v) is 19.8. The highest BCUT2D eigenvalue weighted by molar-refractivity contribution is 7.26. The minimum absolute atomic E-state index is 0.248. The highest BCUT2D eigenvalue weighted by atomic mass is 32.1. The Hall–Kier alpha value is -6.00. The number of benzene rings is 8. The Morgan fingerprint density at radius 2 is 0.887 bits per heavy atom. The second-order valence-electron chi connectivity index (χ2n) is 14.2. The van der Waals surface area contributed by atoms with Gasteiger partial charge in [0.15, 0.2) is 0 Å². The molecule has 0 fully saturated rings. The van der Waals surface area contributed by atoms with Gasteiger partial charge in [0, 0.05) is 62.8 Å². The molecule has 1 nitrogen and oxygen atoms in total. The zero-order chi connectivity index (χ0) is 35.1. The molecule has 0 radical (unpaired) electrons. The zero-order valence-corrected chi connectivity index (χ0v) is 30.7. The summed E-state index contributed by atoms with van der Waals surface area (Å²) in [6.07, 6.45) is 0. The van der Waals surface area contributed by atoms with Crippen LogP contribution in [0.1, 0.15) is 23.6 Å². The van der Waals surface area contributed by atoms with E-state index in [-0.39, 0.29) is 5.41 Å². The van der Waals surface area contributed by atoms with Gasteiger partial charge in [0.2, 0.25) is 0 Å². The van der Waals surface area contributed by atoms with Gasteiger partial charge in [-0.05, 0) is 100 Å². The van der Waals surface area contributed by atoms with Crippen molar-refractivity contribution in [3.8, 4) is 22.3 Å². The van der Waals surface area contributed by atoms with E-state index in [2.05, 4.69) is 194 Å². The maximum Gasteiger partial charge on any atom is 0.0468 e. The van der Waals surface area contributed by atoms with Crippen molar-refractivity contribution in [1.29, 1.82) is 0 Å². The van der Waals surface area contributed by atoms with Gasteiger partial charge in [-0.2, -0.15) is 0 Å². The number of anilines is 3. The lowest BCUT2D eigenvalue weighted by Gasteiger charge is -2.29. The van der Waals surface area contributed by atoms with Crippen molar-refractivity contribution in [2.75, 3.05) is 4.90 Å². The molecule has 53 heavy (non-hydrogen) atoms. The molecule has 0 saturated heterocycles. The Morgan fingerprint density at radius 1 is 0.377 bits per heavy atom. The van der Waals surface area contributed by atoms with Crippen molar-refractivity contribution < 1.29 is 0 Å². The molecule has 0 N–H and O–H groups in total. The highest BCUT2D eigenvalue weighted by Crippen LogP contribution is 2.55. The smallest absolute Gasteiger partial charge is 0.0468 e. The van der Waals surface area contributed by atoms with Gasteiger partial charge in [0.25, 0.3) is 0 Å². The molecule has 0 unspecified atom stereocenters. The molecule has 10 aromatic rings. The van der Waals surface area contributed by atoms with Crippen LogP contribution in [0, 0.1) is 0 Å². The summed E-state index contributed by atoms with van der Waals surface area (Å²) in [6, 6.07) is 67.3. The third kappa shape index (κ3) is 4.61. The van der Waals surface area contributed by atoms with E-state index in [1.54, 1.807) is 0 Å². The summed E-state index contributed by atoms with van der Waals surface area (Å²) in [5, 5.41) is 5.21. The third-order valence-corrected chi connectivity index (χ3v) is 13.7. The van der Waals surface area contributed by atoms with Crippen LogP contribution in [0.5, 0.6) is 0 Å². The van der Waals surface area contributed by atoms with Crippen LogP contribution < -0.4 is 4.90 Å². The number of hydrogen-bond donors (Lipinski definition) is 0. The lowest BCUT2D eigenvalue weighted by atomic mass is 9.74. The number of nitrogens with zero attached hydrogens (tertiary/aromatic N) is 1. The van der Waals surface area contributed by atoms with E-state index >= 15 is 0 Å². The zero-order valence-electron chi connectivity index (χ0n) is 29.1. The number of hydrogen-bond acceptors (Lipinski definition) is 3. The van der Waals surface area contributed by atoms with Crippen LogP contribution in [0.4, 0.5) is 17.1 Å². The van der Waals surface area contributed by atoms with Crippen molar-refractivity contribution in [3.05, 3.63) is 199 Å². The van der Waals surface area contributed by atoms with Gasteiger partial charge in [0.05, 0.1) is 0 Å². The normalized spacial score (nSPS) is 13.2. The Kier molecular flexibility index (Phi) is 6.79. The molecular weight excluding hydrogens is 679 g/mol. The van der Waals surface area contributed by atoms with Crippen LogP contribution in [-0.4, -0.2) is 0 Å². The molecule has 1 aliphatic rings. The predicted molar refractivity (Wildman–Crippen MR) is 230 cm³/mol. The van der Waals surface area contributed by atoms with Gasteiger partial charge in [-0.1, -0.05) is 127 Å². The molecular formula is C50H33NS2. The summed E-state index contributed by atoms with van der Waals surface area (Å²) >= 11 is 3.79. The minimum Gasteiger partial charge on any atom is -0.310 e. The van der Waals surface area contributed by atoms with Crippen molar-refractivity contribution in [1.82, 2.24) is 0 Å². The molecule has 2 aromatic heterocycles. The molecule has 2 heterocycles. The van der Waals surface area contributed by atoms with Crippen LogP contribution in [0.15, 0.2) is 182 Å². The lowest BCUT2D eigenvalue weighted by Crippen LogP contribution is -2.22. The van der Waals surface area contributed by atoms with Crippen LogP contribution in [0.3, 0.4) is 0 Å². The fraction of sp³-hybridized carbons (Fsp3) is 0.0400. The predicted octanol–water partition coefficient (Wildman–Crippen LogP) is 14.9. The maximum atomic E-state index is 2.43. The molecule has 0 saturated carbocycles. The first-order valence-electron chi connectivity index (χ1n) is 18.2. The lowest BCUT2D eigenvalue weighted by molar-refractivity contribution is 0.722. The molecule has 1 aliphatic carbocycles. The Balaban J connectivity index is 1.10. The van der Waals surface area contributed by atoms with E-state index in [9.17, 15) is 0 Å². The van der Waals surface area contributed by atoms with Crippen LogP contribution in [-0.2, 0) is 5.41 Å². The van der Waals surface area contributed by atoms with E-state index < -0.39 is 0 Å². The average Bonchev–Trinajstić information content (AvgIpc) is 3.87. The summed E-state index contributed by atoms with van der Waals surface area (Å²) in [4.78, 5) is 2.43. The summed E-state index contributed by atoms with van der Waals surface area (Å²) < 4.78 is 5.29. The van der Waals surface area contributed by atoms with Crippen molar-refractivity contribution in [2.24, 2.45) is 0 Å². The molecule has 0 spiro atoms. The van der Waals surface area contributed by atoms with Gasteiger partial charge in [-0.15, -0.1) is 22.7 Å². The number of thiophene rings is 2. The topological polar surface area (TPSA) is 3.24 Å². The third-order valence-electron chi connectivity index (χ3n) is 11.4. The van der Waals surface area contributed by atoms with E-state index in [1.165, 1.54) is 79.3 Å². The van der Waals surface area contributed by atoms with E-state index in [1.807, 2.05) is 22.7 Å². The first-order chi connectivity index (χ1) is 26.1. The van der Waals surface area contributed by atoms with Gasteiger partial charge in [0.1, 0.15) is 0 Å². The monoisotopic (exact) mass is 711 g/mol. The second-order valence-corrected chi connectivity index (χ2v) is 16.3. The van der Waals surface area contributed by atoms with Crippen LogP contribution in [0.25, 0.3) is 62.6 Å². The summed E-state index contributed by atoms with van der Waals surface area (Å²) in [7, 11) is 0. The van der Waals surface area contributed by atoms with E-state index in [4.69, 9.17) is 0 Å². The second kappa shape index (κ2) is 11.8. The molecule has 0 atom stereocenters. The van der Waals surface area contributed by atoms with E-state index in [0.717, 1.165) is 17.1 Å². The minimum atomic E-state index is -0.248. The van der Waals surface area contributed by atoms with Crippen LogP contribution >= 0.6 is 22.7 Å². The quantitative estimate of drug-likeness (QED) is 0.172. The van der Waals surface area contributed by atoms with Gasteiger partial charge in [-0.3, -0.25) is 0 Å². The molecule has 0 aliphatic heterocycles. The molecule has 3 heteroatoms. The number of rotatable bonds is 5. The Bertz CT molecular complexity index is 2980. The van der Waals surface area contributed by atoms with Gasteiger partial charge >= 0.3 is 0 Å². The van der Waals surface area contributed by atoms with Gasteiger partial charge < -0.3 is 4.90 Å². The molecule has 8 aromatic carbocycles. The maximum absolute atomic E-state index is 2.43. The van der Waals surface area contributed by atoms with Crippen molar-refractivity contribution in [3.63, 3.8) is 0 Å². The molecule has 0 amide bonds. The summed E-state index contributed by atoms with van der Waals surface area (Å²) in [5.41, 5.74) is 12.4. The van der Waals surface area contributed by atoms with Crippen LogP contribution in [0.2, 0.25) is 0 Å². The SMILES string of the molecule is CC1(c2cccc3c2sc2ccc(N(c4ccc(-c5ccccc5)cc4)c4ccc5sc6ccccc6c5c4)cc23)c2ccccc2-c2ccccc21. The molecule has 11 rings (SSSR count). The number of fused-ring (bicyclic) bond motifs is 9. The highest BCUT2D eigenvalue weighted by Gasteiger charge is 2.41. The average molecular weight is 712 g/mol. The largest absolute Gasteiger partial charge is 0.310 e. The summed E-state index contributed by atoms with van der Waals surface area (Å²) in [6.45, 7) is 2.42. The fourth-order valence-corrected chi connectivity index (χ4v) is 11.2. The van der Waals surface area contributed by atoms with Crippen molar-refractivity contribution in [2.45, 2.75) is 12.3 Å². The molecule has 250 valence electrons. The molecule has 0 bridgehead atoms.